The number of pyridine rings is 1. The molecular formula is C23H19F3N8O2. The van der Waals surface area contributed by atoms with Crippen molar-refractivity contribution >= 4 is 34.8 Å². The second-order valence-corrected chi connectivity index (χ2v) is 8.17. The van der Waals surface area contributed by atoms with E-state index < -0.39 is 17.9 Å². The number of nitrogens with one attached hydrogen (secondary N) is 3. The van der Waals surface area contributed by atoms with Crippen molar-refractivity contribution in [2.75, 3.05) is 16.4 Å². The summed E-state index contributed by atoms with van der Waals surface area (Å²) in [5, 5.41) is 11.9. The van der Waals surface area contributed by atoms with E-state index in [4.69, 9.17) is 5.73 Å². The van der Waals surface area contributed by atoms with Crippen molar-refractivity contribution in [1.82, 2.24) is 24.9 Å². The molecule has 5 N–H and O–H groups in total. The molecule has 10 nitrogen and oxygen atoms in total. The second kappa shape index (κ2) is 8.83. The molecule has 1 aliphatic carbocycles. The van der Waals surface area contributed by atoms with Gasteiger partial charge in [0.2, 0.25) is 0 Å². The quantitative estimate of drug-likeness (QED) is 0.330. The fourth-order valence-electron chi connectivity index (χ4n) is 3.65. The van der Waals surface area contributed by atoms with Crippen LogP contribution in [-0.4, -0.2) is 37.6 Å². The highest BCUT2D eigenvalue weighted by molar-refractivity contribution is 6.07. The number of aromatic nitrogens is 4. The molecule has 13 heteroatoms. The highest BCUT2D eigenvalue weighted by Crippen LogP contribution is 2.34. The molecule has 1 aromatic carbocycles. The predicted octanol–water partition coefficient (Wildman–Crippen LogP) is 3.93. The zero-order chi connectivity index (χ0) is 25.4. The Hall–Kier alpha value is -4.68. The molecule has 3 amide bonds. The molecule has 1 saturated carbocycles. The van der Waals surface area contributed by atoms with Gasteiger partial charge in [-0.15, -0.1) is 0 Å². The zero-order valence-corrected chi connectivity index (χ0v) is 18.5. The number of alkyl halides is 3. The Morgan fingerprint density at radius 2 is 1.81 bits per heavy atom. The summed E-state index contributed by atoms with van der Waals surface area (Å²) in [4.78, 5) is 32.6. The van der Waals surface area contributed by atoms with Crippen molar-refractivity contribution in [3.05, 3.63) is 66.2 Å². The topological polar surface area (TPSA) is 139 Å². The van der Waals surface area contributed by atoms with Crippen molar-refractivity contribution in [1.29, 1.82) is 0 Å². The molecule has 0 aliphatic heterocycles. The molecule has 1 aliphatic rings. The number of carbonyl (C=O) groups excluding carboxylic acids is 2. The van der Waals surface area contributed by atoms with Gasteiger partial charge >= 0.3 is 12.2 Å². The number of anilines is 3. The maximum absolute atomic E-state index is 12.9. The van der Waals surface area contributed by atoms with Crippen LogP contribution in [0.3, 0.4) is 0 Å². The van der Waals surface area contributed by atoms with Gasteiger partial charge in [-0.3, -0.25) is 10.1 Å². The molecule has 0 unspecified atom stereocenters. The number of carbonyl (C=O) groups is 2. The molecule has 0 saturated heterocycles. The number of benzene rings is 1. The van der Waals surface area contributed by atoms with Gasteiger partial charge in [0.25, 0.3) is 5.91 Å². The lowest BCUT2D eigenvalue weighted by atomic mass is 10.0. The summed E-state index contributed by atoms with van der Waals surface area (Å²) in [5.41, 5.74) is 7.34. The molecule has 0 bridgehead atoms. The van der Waals surface area contributed by atoms with Crippen molar-refractivity contribution < 1.29 is 22.8 Å². The summed E-state index contributed by atoms with van der Waals surface area (Å²) >= 11 is 0. The minimum absolute atomic E-state index is 0.146. The van der Waals surface area contributed by atoms with Crippen LogP contribution < -0.4 is 21.7 Å². The number of rotatable bonds is 5. The molecule has 36 heavy (non-hydrogen) atoms. The first-order valence-electron chi connectivity index (χ1n) is 10.8. The van der Waals surface area contributed by atoms with Crippen molar-refractivity contribution in [2.45, 2.75) is 25.1 Å². The number of urea groups is 1. The zero-order valence-electron chi connectivity index (χ0n) is 18.5. The summed E-state index contributed by atoms with van der Waals surface area (Å²) in [6.45, 7) is 0. The number of hydrogen-bond donors (Lipinski definition) is 4. The van der Waals surface area contributed by atoms with Gasteiger partial charge in [-0.1, -0.05) is 18.2 Å². The van der Waals surface area contributed by atoms with Crippen molar-refractivity contribution in [3.63, 3.8) is 0 Å². The Bertz CT molecular complexity index is 1460. The third-order valence-corrected chi connectivity index (χ3v) is 5.47. The van der Waals surface area contributed by atoms with E-state index in [2.05, 4.69) is 31.0 Å². The van der Waals surface area contributed by atoms with E-state index >= 15 is 0 Å². The summed E-state index contributed by atoms with van der Waals surface area (Å²) in [6, 6.07) is 9.10. The molecule has 4 aromatic rings. The van der Waals surface area contributed by atoms with Gasteiger partial charge in [-0.2, -0.15) is 18.3 Å². The molecule has 184 valence electrons. The Morgan fingerprint density at radius 1 is 1.06 bits per heavy atom. The normalized spacial score (nSPS) is 13.4. The Morgan fingerprint density at radius 3 is 2.50 bits per heavy atom. The molecule has 1 fully saturated rings. The Labute approximate surface area is 201 Å². The van der Waals surface area contributed by atoms with Crippen LogP contribution in [0.2, 0.25) is 0 Å². The first-order chi connectivity index (χ1) is 17.2. The molecule has 5 rings (SSSR count). The maximum Gasteiger partial charge on any atom is 0.433 e. The highest BCUT2D eigenvalue weighted by atomic mass is 19.4. The molecule has 0 radical (unpaired) electrons. The van der Waals surface area contributed by atoms with Crippen LogP contribution in [0.1, 0.15) is 28.9 Å². The van der Waals surface area contributed by atoms with Crippen LogP contribution in [0.25, 0.3) is 16.6 Å². The summed E-state index contributed by atoms with van der Waals surface area (Å²) in [7, 11) is 0. The minimum Gasteiger partial charge on any atom is -0.382 e. The van der Waals surface area contributed by atoms with Crippen LogP contribution >= 0.6 is 0 Å². The third-order valence-electron chi connectivity index (χ3n) is 5.47. The summed E-state index contributed by atoms with van der Waals surface area (Å²) < 4.78 is 40.0. The number of hydrogen-bond acceptors (Lipinski definition) is 6. The van der Waals surface area contributed by atoms with Crippen LogP contribution in [0, 0.1) is 0 Å². The van der Waals surface area contributed by atoms with E-state index in [-0.39, 0.29) is 23.6 Å². The average molecular weight is 496 g/mol. The SMILES string of the molecule is Nc1ncnn2cc(C(=O)NC3CC3)c(-c3ccc(NC(=O)Nc4cccc(C(F)(F)F)n4)cc3)c12. The Kier molecular flexibility index (Phi) is 5.66. The van der Waals surface area contributed by atoms with Crippen molar-refractivity contribution in [2.24, 2.45) is 0 Å². The maximum atomic E-state index is 12.9. The first kappa shape index (κ1) is 23.1. The monoisotopic (exact) mass is 496 g/mol. The molecular weight excluding hydrogens is 477 g/mol. The van der Waals surface area contributed by atoms with E-state index in [9.17, 15) is 22.8 Å². The average Bonchev–Trinajstić information content (AvgIpc) is 3.55. The molecule has 3 aromatic heterocycles. The predicted molar refractivity (Wildman–Crippen MR) is 125 cm³/mol. The second-order valence-electron chi connectivity index (χ2n) is 8.17. The third kappa shape index (κ3) is 4.76. The van der Waals surface area contributed by atoms with Crippen LogP contribution in [-0.2, 0) is 6.18 Å². The minimum atomic E-state index is -4.63. The van der Waals surface area contributed by atoms with Gasteiger partial charge in [-0.05, 0) is 42.7 Å². The van der Waals surface area contributed by atoms with Gasteiger partial charge in [0, 0.05) is 23.5 Å². The van der Waals surface area contributed by atoms with E-state index in [0.717, 1.165) is 25.0 Å². The lowest BCUT2D eigenvalue weighted by molar-refractivity contribution is -0.141. The fourth-order valence-corrected chi connectivity index (χ4v) is 3.65. The lowest BCUT2D eigenvalue weighted by Crippen LogP contribution is -2.25. The number of nitrogen functional groups attached to an aromatic ring is 1. The molecule has 0 atom stereocenters. The smallest absolute Gasteiger partial charge is 0.382 e. The number of amides is 3. The van der Waals surface area contributed by atoms with Crippen molar-refractivity contribution in [3.8, 4) is 11.1 Å². The summed E-state index contributed by atoms with van der Waals surface area (Å²) in [6.07, 6.45) is 0.0987. The lowest BCUT2D eigenvalue weighted by Gasteiger charge is -2.11. The van der Waals surface area contributed by atoms with E-state index in [1.54, 1.807) is 30.5 Å². The van der Waals surface area contributed by atoms with E-state index in [0.29, 0.717) is 27.9 Å². The van der Waals surface area contributed by atoms with Gasteiger partial charge in [-0.25, -0.2) is 19.3 Å². The highest BCUT2D eigenvalue weighted by Gasteiger charge is 2.32. The first-order valence-corrected chi connectivity index (χ1v) is 10.8. The largest absolute Gasteiger partial charge is 0.433 e. The molecule has 0 spiro atoms. The number of nitrogens with two attached hydrogens (primary N) is 1. The van der Waals surface area contributed by atoms with Crippen LogP contribution in [0.15, 0.2) is 55.0 Å². The molecule has 3 heterocycles. The van der Waals surface area contributed by atoms with Gasteiger partial charge < -0.3 is 16.4 Å². The number of nitrogens with zero attached hydrogens (tertiary/aromatic N) is 4. The van der Waals surface area contributed by atoms with E-state index in [1.165, 1.54) is 16.9 Å². The van der Waals surface area contributed by atoms with Gasteiger partial charge in [0.05, 0.1) is 5.56 Å². The fraction of sp³-hybridized carbons (Fsp3) is 0.174. The van der Waals surface area contributed by atoms with E-state index in [1.807, 2.05) is 0 Å². The van der Waals surface area contributed by atoms with Crippen LogP contribution in [0.4, 0.5) is 35.3 Å². The number of fused-ring (bicyclic) bond motifs is 1. The van der Waals surface area contributed by atoms with Crippen LogP contribution in [0.5, 0.6) is 0 Å². The summed E-state index contributed by atoms with van der Waals surface area (Å²) in [5.74, 6) is -0.311. The van der Waals surface area contributed by atoms with Gasteiger partial charge in [0.1, 0.15) is 23.4 Å². The standard InChI is InChI=1S/C23H19F3N8O2/c24-23(25,26)16-2-1-3-17(32-16)33-22(36)31-14-6-4-12(5-7-14)18-15(21(35)30-13-8-9-13)10-34-19(18)20(27)28-11-29-34/h1-7,10-11,13H,8-9H2,(H,30,35)(H2,27,28,29)(H2,31,32,33,36). The van der Waals surface area contributed by atoms with Gasteiger partial charge in [0.15, 0.2) is 5.82 Å². The Balaban J connectivity index is 1.38. The number of halogens is 3.